The molecule has 108 valence electrons. The Bertz CT molecular complexity index is 633. The predicted octanol–water partition coefficient (Wildman–Crippen LogP) is 2.92. The minimum absolute atomic E-state index is 0.290. The molecule has 0 amide bonds. The molecule has 1 aliphatic rings. The number of rotatable bonds is 4. The Hall–Kier alpha value is -1.62. The quantitative estimate of drug-likeness (QED) is 0.527. The standard InChI is InChI=1S/C15H20N2O2S/c1-12-8-9-13(2)15(10-12)20(18,19)17-16-11-14-6-4-3-5-7-14/h3-4,8-11,14,17H,5-7H2,1-2H3/b16-11-/t14-/m0/s1. The number of hydrogen-bond acceptors (Lipinski definition) is 3. The Morgan fingerprint density at radius 1 is 1.30 bits per heavy atom. The smallest absolute Gasteiger partial charge is 0.200 e. The highest BCUT2D eigenvalue weighted by Gasteiger charge is 2.16. The molecule has 0 spiro atoms. The Kier molecular flexibility index (Phi) is 4.60. The SMILES string of the molecule is Cc1ccc(C)c(S(=O)(=O)N/N=C\[C@H]2CC=CCC2)c1. The molecule has 1 N–H and O–H groups in total. The van der Waals surface area contributed by atoms with Crippen LogP contribution in [0, 0.1) is 19.8 Å². The van der Waals surface area contributed by atoms with E-state index in [2.05, 4.69) is 22.1 Å². The molecule has 0 fully saturated rings. The van der Waals surface area contributed by atoms with Gasteiger partial charge in [0, 0.05) is 6.21 Å². The van der Waals surface area contributed by atoms with Crippen molar-refractivity contribution in [3.63, 3.8) is 0 Å². The number of aryl methyl sites for hydroxylation is 2. The Labute approximate surface area is 120 Å². The van der Waals surface area contributed by atoms with Crippen LogP contribution in [0.2, 0.25) is 0 Å². The van der Waals surface area contributed by atoms with E-state index in [1.807, 2.05) is 13.0 Å². The lowest BCUT2D eigenvalue weighted by Gasteiger charge is -2.12. The first-order chi connectivity index (χ1) is 9.49. The van der Waals surface area contributed by atoms with Gasteiger partial charge in [-0.3, -0.25) is 0 Å². The van der Waals surface area contributed by atoms with Gasteiger partial charge in [-0.2, -0.15) is 13.5 Å². The van der Waals surface area contributed by atoms with Crippen LogP contribution in [0.25, 0.3) is 0 Å². The van der Waals surface area contributed by atoms with E-state index in [1.54, 1.807) is 25.3 Å². The minimum Gasteiger partial charge on any atom is -0.200 e. The predicted molar refractivity (Wildman–Crippen MR) is 81.2 cm³/mol. The number of nitrogens with one attached hydrogen (secondary N) is 1. The molecule has 0 saturated heterocycles. The average Bonchev–Trinajstić information content (AvgIpc) is 2.42. The highest BCUT2D eigenvalue weighted by molar-refractivity contribution is 7.89. The van der Waals surface area contributed by atoms with Crippen molar-refractivity contribution in [3.05, 3.63) is 41.5 Å². The Morgan fingerprint density at radius 2 is 2.10 bits per heavy atom. The van der Waals surface area contributed by atoms with E-state index < -0.39 is 10.0 Å². The highest BCUT2D eigenvalue weighted by atomic mass is 32.2. The second-order valence-electron chi connectivity index (χ2n) is 5.19. The van der Waals surface area contributed by atoms with Crippen molar-refractivity contribution in [2.45, 2.75) is 38.0 Å². The third-order valence-electron chi connectivity index (χ3n) is 3.40. The van der Waals surface area contributed by atoms with Gasteiger partial charge in [0.15, 0.2) is 0 Å². The molecule has 0 saturated carbocycles. The molecule has 2 rings (SSSR count). The Morgan fingerprint density at radius 3 is 2.80 bits per heavy atom. The first-order valence-electron chi connectivity index (χ1n) is 6.76. The van der Waals surface area contributed by atoms with Gasteiger partial charge in [0.1, 0.15) is 0 Å². The van der Waals surface area contributed by atoms with Crippen LogP contribution < -0.4 is 4.83 Å². The third kappa shape index (κ3) is 3.70. The van der Waals surface area contributed by atoms with Gasteiger partial charge in [0.25, 0.3) is 10.0 Å². The van der Waals surface area contributed by atoms with Gasteiger partial charge in [0.05, 0.1) is 4.90 Å². The van der Waals surface area contributed by atoms with Gasteiger partial charge in [-0.15, -0.1) is 0 Å². The summed E-state index contributed by atoms with van der Waals surface area (Å²) in [6.07, 6.45) is 8.93. The summed E-state index contributed by atoms with van der Waals surface area (Å²) < 4.78 is 24.4. The van der Waals surface area contributed by atoms with Crippen molar-refractivity contribution in [2.75, 3.05) is 0 Å². The van der Waals surface area contributed by atoms with Gasteiger partial charge in [0.2, 0.25) is 0 Å². The number of allylic oxidation sites excluding steroid dienone is 2. The molecule has 0 bridgehead atoms. The Balaban J connectivity index is 2.09. The molecular formula is C15H20N2O2S. The number of sulfonamides is 1. The van der Waals surface area contributed by atoms with E-state index in [0.717, 1.165) is 30.4 Å². The molecule has 0 aromatic heterocycles. The second kappa shape index (κ2) is 6.22. The van der Waals surface area contributed by atoms with Crippen LogP contribution >= 0.6 is 0 Å². The molecule has 0 unspecified atom stereocenters. The lowest BCUT2D eigenvalue weighted by molar-refractivity contribution is 0.582. The van der Waals surface area contributed by atoms with Crippen molar-refractivity contribution >= 4 is 16.2 Å². The van der Waals surface area contributed by atoms with Crippen molar-refractivity contribution in [2.24, 2.45) is 11.0 Å². The van der Waals surface area contributed by atoms with Crippen molar-refractivity contribution in [3.8, 4) is 0 Å². The summed E-state index contributed by atoms with van der Waals surface area (Å²) in [5.74, 6) is 0.321. The largest absolute Gasteiger partial charge is 0.276 e. The lowest BCUT2D eigenvalue weighted by atomic mass is 9.96. The van der Waals surface area contributed by atoms with Gasteiger partial charge in [-0.1, -0.05) is 24.3 Å². The van der Waals surface area contributed by atoms with E-state index in [4.69, 9.17) is 0 Å². The number of nitrogens with zero attached hydrogens (tertiary/aromatic N) is 1. The monoisotopic (exact) mass is 292 g/mol. The maximum atomic E-state index is 12.2. The minimum atomic E-state index is -3.58. The van der Waals surface area contributed by atoms with Crippen LogP contribution in [0.4, 0.5) is 0 Å². The summed E-state index contributed by atoms with van der Waals surface area (Å²) in [6, 6.07) is 5.36. The van der Waals surface area contributed by atoms with Crippen LogP contribution in [0.15, 0.2) is 40.3 Å². The maximum absolute atomic E-state index is 12.2. The summed E-state index contributed by atoms with van der Waals surface area (Å²) in [4.78, 5) is 2.60. The van der Waals surface area contributed by atoms with E-state index >= 15 is 0 Å². The molecule has 0 aliphatic heterocycles. The normalized spacial score (nSPS) is 19.4. The molecule has 1 aliphatic carbocycles. The third-order valence-corrected chi connectivity index (χ3v) is 4.77. The molecule has 1 atom stereocenters. The zero-order chi connectivity index (χ0) is 14.6. The molecule has 1 aromatic carbocycles. The van der Waals surface area contributed by atoms with Gasteiger partial charge < -0.3 is 0 Å². The molecule has 0 radical (unpaired) electrons. The van der Waals surface area contributed by atoms with Crippen molar-refractivity contribution in [1.29, 1.82) is 0 Å². The summed E-state index contributed by atoms with van der Waals surface area (Å²) in [7, 11) is -3.58. The molecule has 20 heavy (non-hydrogen) atoms. The summed E-state index contributed by atoms with van der Waals surface area (Å²) in [5.41, 5.74) is 1.64. The van der Waals surface area contributed by atoms with Crippen molar-refractivity contribution < 1.29 is 8.42 Å². The summed E-state index contributed by atoms with van der Waals surface area (Å²) >= 11 is 0. The first kappa shape index (κ1) is 14.8. The van der Waals surface area contributed by atoms with Gasteiger partial charge >= 0.3 is 0 Å². The number of benzene rings is 1. The molecular weight excluding hydrogens is 272 g/mol. The fraction of sp³-hybridized carbons (Fsp3) is 0.400. The van der Waals surface area contributed by atoms with Gasteiger partial charge in [-0.25, -0.2) is 4.83 Å². The molecule has 0 heterocycles. The van der Waals surface area contributed by atoms with Crippen LogP contribution in [-0.2, 0) is 10.0 Å². The fourth-order valence-corrected chi connectivity index (χ4v) is 3.33. The summed E-state index contributed by atoms with van der Waals surface area (Å²) in [6.45, 7) is 3.65. The lowest BCUT2D eigenvalue weighted by Crippen LogP contribution is -2.20. The van der Waals surface area contributed by atoms with Crippen LogP contribution in [0.1, 0.15) is 30.4 Å². The van der Waals surface area contributed by atoms with E-state index in [-0.39, 0.29) is 4.90 Å². The molecule has 4 nitrogen and oxygen atoms in total. The van der Waals surface area contributed by atoms with Crippen LogP contribution in [0.3, 0.4) is 0 Å². The average molecular weight is 292 g/mol. The molecule has 5 heteroatoms. The van der Waals surface area contributed by atoms with E-state index in [9.17, 15) is 8.42 Å². The first-order valence-corrected chi connectivity index (χ1v) is 8.24. The second-order valence-corrected chi connectivity index (χ2v) is 6.82. The maximum Gasteiger partial charge on any atom is 0.276 e. The molecule has 1 aromatic rings. The van der Waals surface area contributed by atoms with Gasteiger partial charge in [-0.05, 0) is 56.2 Å². The topological polar surface area (TPSA) is 58.5 Å². The van der Waals surface area contributed by atoms with Crippen molar-refractivity contribution in [1.82, 2.24) is 4.83 Å². The van der Waals surface area contributed by atoms with E-state index in [1.165, 1.54) is 0 Å². The zero-order valence-corrected chi connectivity index (χ0v) is 12.7. The summed E-state index contributed by atoms with van der Waals surface area (Å²) in [5, 5.41) is 3.92. The fourth-order valence-electron chi connectivity index (χ4n) is 2.20. The number of hydrazone groups is 1. The number of hydrogen-bond donors (Lipinski definition) is 1. The highest BCUT2D eigenvalue weighted by Crippen LogP contribution is 2.17. The van der Waals surface area contributed by atoms with Crippen LogP contribution in [-0.4, -0.2) is 14.6 Å². The van der Waals surface area contributed by atoms with Crippen LogP contribution in [0.5, 0.6) is 0 Å². The zero-order valence-electron chi connectivity index (χ0n) is 11.8. The van der Waals surface area contributed by atoms with E-state index in [0.29, 0.717) is 5.92 Å².